The highest BCUT2D eigenvalue weighted by Crippen LogP contribution is 2.17. The van der Waals surface area contributed by atoms with Crippen LogP contribution in [0.5, 0.6) is 0 Å². The monoisotopic (exact) mass is 356 g/mol. The largest absolute Gasteiger partial charge is 0.346 e. The van der Waals surface area contributed by atoms with Gasteiger partial charge < -0.3 is 15.2 Å². The number of halogens is 2. The van der Waals surface area contributed by atoms with Crippen LogP contribution in [-0.4, -0.2) is 28.6 Å². The summed E-state index contributed by atoms with van der Waals surface area (Å²) in [6.07, 6.45) is 2.40. The molecule has 1 aliphatic rings. The maximum absolute atomic E-state index is 11.9. The molecule has 0 saturated carbocycles. The molecule has 1 unspecified atom stereocenters. The number of aromatic nitrogens is 2. The zero-order chi connectivity index (χ0) is 15.4. The zero-order valence-electron chi connectivity index (χ0n) is 12.4. The van der Waals surface area contributed by atoms with Crippen LogP contribution in [0.3, 0.4) is 0 Å². The van der Waals surface area contributed by atoms with Crippen molar-refractivity contribution >= 4 is 29.9 Å². The summed E-state index contributed by atoms with van der Waals surface area (Å²) in [5, 5.41) is 10.5. The van der Waals surface area contributed by atoms with Crippen LogP contribution in [0.15, 0.2) is 28.8 Å². The van der Waals surface area contributed by atoms with E-state index < -0.39 is 0 Å². The molecule has 2 heterocycles. The van der Waals surface area contributed by atoms with Gasteiger partial charge in [0.1, 0.15) is 0 Å². The van der Waals surface area contributed by atoms with Crippen molar-refractivity contribution in [3.05, 3.63) is 46.6 Å². The van der Waals surface area contributed by atoms with Gasteiger partial charge in [0.25, 0.3) is 0 Å². The second kappa shape index (κ2) is 8.29. The Balaban J connectivity index is 0.00000192. The van der Waals surface area contributed by atoms with Gasteiger partial charge in [-0.3, -0.25) is 4.79 Å². The molecule has 1 fully saturated rings. The Morgan fingerprint density at radius 3 is 3.00 bits per heavy atom. The molecule has 0 radical (unpaired) electrons. The summed E-state index contributed by atoms with van der Waals surface area (Å²) in [7, 11) is 0. The summed E-state index contributed by atoms with van der Waals surface area (Å²) in [6.45, 7) is 1.13. The number of nitrogens with one attached hydrogen (secondary N) is 2. The van der Waals surface area contributed by atoms with Gasteiger partial charge in [0.2, 0.25) is 11.8 Å². The minimum absolute atomic E-state index is 0. The van der Waals surface area contributed by atoms with Crippen LogP contribution in [0.2, 0.25) is 5.02 Å². The minimum atomic E-state index is -0.106. The van der Waals surface area contributed by atoms with E-state index in [2.05, 4.69) is 20.8 Å². The van der Waals surface area contributed by atoms with Gasteiger partial charge in [0.05, 0.1) is 12.6 Å². The Labute approximate surface area is 145 Å². The highest BCUT2D eigenvalue weighted by molar-refractivity contribution is 6.31. The quantitative estimate of drug-likeness (QED) is 0.857. The summed E-state index contributed by atoms with van der Waals surface area (Å²) in [5.41, 5.74) is 0.940. The van der Waals surface area contributed by atoms with Gasteiger partial charge in [-0.1, -0.05) is 35.0 Å². The van der Waals surface area contributed by atoms with Gasteiger partial charge in [0, 0.05) is 11.4 Å². The number of carbonyl (C=O) groups excluding carboxylic acids is 1. The fraction of sp³-hybridized carbons (Fsp3) is 0.400. The van der Waals surface area contributed by atoms with Crippen LogP contribution >= 0.6 is 24.0 Å². The third kappa shape index (κ3) is 4.67. The molecule has 1 saturated heterocycles. The van der Waals surface area contributed by atoms with Crippen molar-refractivity contribution < 1.29 is 9.32 Å². The SMILES string of the molecule is Cl.O=C(NCc1nc(Cc2ccccc2Cl)no1)C1CCCN1. The first-order valence-corrected chi connectivity index (χ1v) is 7.66. The molecule has 0 spiro atoms. The van der Waals surface area contributed by atoms with Gasteiger partial charge >= 0.3 is 0 Å². The predicted molar refractivity (Wildman–Crippen MR) is 88.7 cm³/mol. The number of amides is 1. The molecule has 2 aromatic rings. The standard InChI is InChI=1S/C15H17ClN4O2.ClH/c16-11-5-2-1-4-10(11)8-13-19-14(22-20-13)9-18-15(21)12-6-3-7-17-12;/h1-2,4-5,12,17H,3,6-9H2,(H,18,21);1H. The molecular weight excluding hydrogens is 339 g/mol. The van der Waals surface area contributed by atoms with Gasteiger partial charge in [-0.15, -0.1) is 12.4 Å². The van der Waals surface area contributed by atoms with Crippen molar-refractivity contribution in [2.75, 3.05) is 6.54 Å². The third-order valence-electron chi connectivity index (χ3n) is 3.61. The fourth-order valence-electron chi connectivity index (χ4n) is 2.44. The van der Waals surface area contributed by atoms with E-state index in [4.69, 9.17) is 16.1 Å². The van der Waals surface area contributed by atoms with Crippen LogP contribution in [0.1, 0.15) is 30.1 Å². The van der Waals surface area contributed by atoms with E-state index in [1.54, 1.807) is 0 Å². The number of benzene rings is 1. The van der Waals surface area contributed by atoms with E-state index in [-0.39, 0.29) is 30.9 Å². The molecule has 1 aromatic carbocycles. The van der Waals surface area contributed by atoms with E-state index >= 15 is 0 Å². The zero-order valence-corrected chi connectivity index (χ0v) is 14.0. The maximum Gasteiger partial charge on any atom is 0.246 e. The first-order valence-electron chi connectivity index (χ1n) is 7.28. The van der Waals surface area contributed by atoms with Crippen LogP contribution in [0, 0.1) is 0 Å². The van der Waals surface area contributed by atoms with E-state index in [0.29, 0.717) is 23.2 Å². The van der Waals surface area contributed by atoms with Crippen molar-refractivity contribution in [2.45, 2.75) is 31.8 Å². The van der Waals surface area contributed by atoms with Crippen molar-refractivity contribution in [1.29, 1.82) is 0 Å². The lowest BCUT2D eigenvalue weighted by molar-refractivity contribution is -0.123. The molecular formula is C15H18Cl2N4O2. The number of nitrogens with zero attached hydrogens (tertiary/aromatic N) is 2. The summed E-state index contributed by atoms with van der Waals surface area (Å²) in [4.78, 5) is 16.2. The van der Waals surface area contributed by atoms with E-state index in [9.17, 15) is 4.79 Å². The Morgan fingerprint density at radius 2 is 2.26 bits per heavy atom. The van der Waals surface area contributed by atoms with Crippen molar-refractivity contribution in [1.82, 2.24) is 20.8 Å². The predicted octanol–water partition coefficient (Wildman–Crippen LogP) is 2.10. The number of carbonyl (C=O) groups is 1. The number of rotatable bonds is 5. The second-order valence-electron chi connectivity index (χ2n) is 5.24. The Bertz CT molecular complexity index is 656. The summed E-state index contributed by atoms with van der Waals surface area (Å²) in [5.74, 6) is 0.924. The van der Waals surface area contributed by atoms with E-state index in [0.717, 1.165) is 24.9 Å². The molecule has 1 atom stereocenters. The molecule has 124 valence electrons. The molecule has 1 amide bonds. The van der Waals surface area contributed by atoms with Crippen LogP contribution in [-0.2, 0) is 17.8 Å². The summed E-state index contributed by atoms with van der Waals surface area (Å²) >= 11 is 6.11. The minimum Gasteiger partial charge on any atom is -0.346 e. The van der Waals surface area contributed by atoms with Gasteiger partial charge in [-0.05, 0) is 31.0 Å². The Morgan fingerprint density at radius 1 is 1.43 bits per heavy atom. The Hall–Kier alpha value is -1.63. The van der Waals surface area contributed by atoms with Gasteiger partial charge in [-0.2, -0.15) is 4.98 Å². The highest BCUT2D eigenvalue weighted by Gasteiger charge is 2.22. The summed E-state index contributed by atoms with van der Waals surface area (Å²) in [6, 6.07) is 7.43. The van der Waals surface area contributed by atoms with Crippen molar-refractivity contribution in [2.24, 2.45) is 0 Å². The average Bonchev–Trinajstić information content (AvgIpc) is 3.19. The smallest absolute Gasteiger partial charge is 0.246 e. The first kappa shape index (κ1) is 17.7. The van der Waals surface area contributed by atoms with Gasteiger partial charge in [0.15, 0.2) is 5.82 Å². The molecule has 1 aliphatic heterocycles. The summed E-state index contributed by atoms with van der Waals surface area (Å²) < 4.78 is 5.15. The molecule has 8 heteroatoms. The van der Waals surface area contributed by atoms with Crippen LogP contribution in [0.25, 0.3) is 0 Å². The number of hydrogen-bond donors (Lipinski definition) is 2. The van der Waals surface area contributed by atoms with Crippen molar-refractivity contribution in [3.8, 4) is 0 Å². The molecule has 1 aromatic heterocycles. The van der Waals surface area contributed by atoms with Gasteiger partial charge in [-0.25, -0.2) is 0 Å². The number of hydrogen-bond acceptors (Lipinski definition) is 5. The molecule has 0 bridgehead atoms. The third-order valence-corrected chi connectivity index (χ3v) is 3.98. The maximum atomic E-state index is 11.9. The highest BCUT2D eigenvalue weighted by atomic mass is 35.5. The molecule has 6 nitrogen and oxygen atoms in total. The van der Waals surface area contributed by atoms with Crippen LogP contribution in [0.4, 0.5) is 0 Å². The molecule has 23 heavy (non-hydrogen) atoms. The van der Waals surface area contributed by atoms with E-state index in [1.807, 2.05) is 24.3 Å². The van der Waals surface area contributed by atoms with Crippen LogP contribution < -0.4 is 10.6 Å². The topological polar surface area (TPSA) is 80.1 Å². The first-order chi connectivity index (χ1) is 10.7. The van der Waals surface area contributed by atoms with Crippen molar-refractivity contribution in [3.63, 3.8) is 0 Å². The second-order valence-corrected chi connectivity index (χ2v) is 5.65. The molecule has 2 N–H and O–H groups in total. The fourth-order valence-corrected chi connectivity index (χ4v) is 2.64. The lowest BCUT2D eigenvalue weighted by Gasteiger charge is -2.08. The molecule has 0 aliphatic carbocycles. The normalized spacial score (nSPS) is 16.8. The van der Waals surface area contributed by atoms with E-state index in [1.165, 1.54) is 0 Å². The Kier molecular flexibility index (Phi) is 6.38. The molecule has 3 rings (SSSR count). The lowest BCUT2D eigenvalue weighted by atomic mass is 10.1. The lowest BCUT2D eigenvalue weighted by Crippen LogP contribution is -2.40. The average molecular weight is 357 g/mol.